The molecule has 0 saturated carbocycles. The average molecular weight is 529 g/mol. The van der Waals surface area contributed by atoms with Crippen molar-refractivity contribution >= 4 is 49.0 Å². The molecule has 0 spiro atoms. The van der Waals surface area contributed by atoms with Crippen LogP contribution in [0.2, 0.25) is 0 Å². The molecule has 0 bridgehead atoms. The molecule has 0 aliphatic heterocycles. The third kappa shape index (κ3) is 4.07. The zero-order chi connectivity index (χ0) is 27.1. The fourth-order valence-electron chi connectivity index (χ4n) is 6.00. The average Bonchev–Trinajstić information content (AvgIpc) is 3.32. The van der Waals surface area contributed by atoms with Gasteiger partial charge in [-0.25, -0.2) is 0 Å². The minimum atomic E-state index is 1.23. The minimum Gasteiger partial charge on any atom is -0.140 e. The van der Waals surface area contributed by atoms with Gasteiger partial charge in [0, 0.05) is 9.58 Å². The largest absolute Gasteiger partial charge is 0.140 e. The number of allylic oxidation sites excluding steroid dienone is 2. The molecule has 0 nitrogen and oxygen atoms in total. The Hall–Kier alpha value is -4.72. The summed E-state index contributed by atoms with van der Waals surface area (Å²) in [6.07, 6.45) is 6.02. The molecule has 1 heteroatoms. The molecule has 6 aromatic carbocycles. The molecule has 0 aliphatic carbocycles. The van der Waals surface area contributed by atoms with E-state index in [1.807, 2.05) is 23.5 Å². The van der Waals surface area contributed by atoms with Crippen LogP contribution < -0.4 is 0 Å². The zero-order valence-corrected chi connectivity index (χ0v) is 23.2. The van der Waals surface area contributed by atoms with Gasteiger partial charge in [-0.3, -0.25) is 0 Å². The number of hydrogen-bond donors (Lipinski definition) is 0. The molecule has 0 unspecified atom stereocenters. The second-order valence-corrected chi connectivity index (χ2v) is 11.4. The summed E-state index contributed by atoms with van der Waals surface area (Å²) in [4.78, 5) is 1.33. The van der Waals surface area contributed by atoms with Crippen LogP contribution in [0.4, 0.5) is 0 Å². The maximum atomic E-state index is 3.83. The van der Waals surface area contributed by atoms with Crippen LogP contribution in [0.15, 0.2) is 140 Å². The number of aryl methyl sites for hydroxylation is 1. The summed E-state index contributed by atoms with van der Waals surface area (Å²) in [7, 11) is 0. The maximum Gasteiger partial charge on any atom is 0.0357 e. The van der Waals surface area contributed by atoms with Gasteiger partial charge in [-0.1, -0.05) is 134 Å². The molecule has 0 N–H and O–H groups in total. The second-order valence-electron chi connectivity index (χ2n) is 10.2. The van der Waals surface area contributed by atoms with E-state index in [4.69, 9.17) is 0 Å². The first-order chi connectivity index (χ1) is 19.7. The predicted octanol–water partition coefficient (Wildman–Crippen LogP) is 11.7. The highest BCUT2D eigenvalue weighted by Crippen LogP contribution is 2.44. The first-order valence-corrected chi connectivity index (χ1v) is 14.5. The van der Waals surface area contributed by atoms with Crippen LogP contribution >= 0.6 is 11.3 Å². The lowest BCUT2D eigenvalue weighted by atomic mass is 9.85. The molecule has 0 saturated heterocycles. The zero-order valence-electron chi connectivity index (χ0n) is 22.4. The van der Waals surface area contributed by atoms with Crippen LogP contribution in [0.3, 0.4) is 0 Å². The van der Waals surface area contributed by atoms with Gasteiger partial charge in [-0.15, -0.1) is 11.3 Å². The highest BCUT2D eigenvalue weighted by molar-refractivity contribution is 7.19. The summed E-state index contributed by atoms with van der Waals surface area (Å²) in [5.74, 6) is 0. The summed E-state index contributed by atoms with van der Waals surface area (Å²) in [5, 5.41) is 6.42. The Morgan fingerprint density at radius 2 is 1.07 bits per heavy atom. The van der Waals surface area contributed by atoms with Crippen LogP contribution in [0.5, 0.6) is 0 Å². The maximum absolute atomic E-state index is 3.83. The third-order valence-corrected chi connectivity index (χ3v) is 8.88. The Kier molecular flexibility index (Phi) is 6.15. The van der Waals surface area contributed by atoms with Crippen LogP contribution in [0.1, 0.15) is 10.4 Å². The molecule has 190 valence electrons. The van der Waals surface area contributed by atoms with E-state index < -0.39 is 0 Å². The van der Waals surface area contributed by atoms with E-state index >= 15 is 0 Å². The minimum absolute atomic E-state index is 1.23. The van der Waals surface area contributed by atoms with E-state index in [1.165, 1.54) is 75.5 Å². The van der Waals surface area contributed by atoms with Gasteiger partial charge < -0.3 is 0 Å². The van der Waals surface area contributed by atoms with Gasteiger partial charge in [0.05, 0.1) is 0 Å². The molecule has 7 aromatic rings. The summed E-state index contributed by atoms with van der Waals surface area (Å²) < 4.78 is 1.31. The van der Waals surface area contributed by atoms with E-state index in [1.54, 1.807) is 0 Å². The van der Waals surface area contributed by atoms with Crippen LogP contribution in [-0.4, -0.2) is 0 Å². The van der Waals surface area contributed by atoms with Crippen LogP contribution in [-0.2, 0) is 0 Å². The van der Waals surface area contributed by atoms with E-state index in [-0.39, 0.29) is 0 Å². The Morgan fingerprint density at radius 3 is 1.73 bits per heavy atom. The molecule has 7 rings (SSSR count). The highest BCUT2D eigenvalue weighted by atomic mass is 32.1. The number of thiophene rings is 1. The molecule has 0 aliphatic rings. The summed E-state index contributed by atoms with van der Waals surface area (Å²) in [5.41, 5.74) is 8.83. The van der Waals surface area contributed by atoms with E-state index in [2.05, 4.69) is 141 Å². The SMILES string of the molecule is C=C/C=C\c1c(C)sc2cc(-c3cccc(-c4c5ccccc5c(-c5ccccc5)c5ccccc45)c3)ccc12. The Balaban J connectivity index is 1.44. The van der Waals surface area contributed by atoms with Gasteiger partial charge in [-0.05, 0) is 84.9 Å². The molecular weight excluding hydrogens is 500 g/mol. The van der Waals surface area contributed by atoms with Crippen molar-refractivity contribution in [2.45, 2.75) is 6.92 Å². The van der Waals surface area contributed by atoms with Crippen molar-refractivity contribution < 1.29 is 0 Å². The standard InChI is InChI=1S/C39H28S/c1-3-4-17-31-26(2)40-37-25-29(22-23-32(31)37)28-15-12-16-30(24-28)39-35-20-10-8-18-33(35)38(27-13-6-5-7-14-27)34-19-9-11-21-36(34)39/h3-25H,1H2,2H3/b17-4-. The molecule has 40 heavy (non-hydrogen) atoms. The van der Waals surface area contributed by atoms with Crippen molar-refractivity contribution in [2.24, 2.45) is 0 Å². The van der Waals surface area contributed by atoms with Crippen molar-refractivity contribution in [3.05, 3.63) is 150 Å². The van der Waals surface area contributed by atoms with Gasteiger partial charge in [-0.2, -0.15) is 0 Å². The lowest BCUT2D eigenvalue weighted by Gasteiger charge is -2.18. The van der Waals surface area contributed by atoms with E-state index in [0.29, 0.717) is 0 Å². The smallest absolute Gasteiger partial charge is 0.0357 e. The van der Waals surface area contributed by atoms with Crippen LogP contribution in [0.25, 0.3) is 71.1 Å². The molecule has 0 amide bonds. The first kappa shape index (κ1) is 24.3. The number of hydrogen-bond acceptors (Lipinski definition) is 1. The number of benzene rings is 6. The first-order valence-electron chi connectivity index (χ1n) is 13.6. The molecule has 1 aromatic heterocycles. The lowest BCUT2D eigenvalue weighted by Crippen LogP contribution is -1.91. The summed E-state index contributed by atoms with van der Waals surface area (Å²) in [6.45, 7) is 6.03. The molecule has 0 fully saturated rings. The van der Waals surface area contributed by atoms with Gasteiger partial charge in [0.15, 0.2) is 0 Å². The van der Waals surface area contributed by atoms with Crippen molar-refractivity contribution in [1.82, 2.24) is 0 Å². The van der Waals surface area contributed by atoms with Gasteiger partial charge in [0.2, 0.25) is 0 Å². The summed E-state index contributed by atoms with van der Waals surface area (Å²) in [6, 6.07) is 44.4. The van der Waals surface area contributed by atoms with Crippen molar-refractivity contribution in [3.8, 4) is 33.4 Å². The van der Waals surface area contributed by atoms with Crippen molar-refractivity contribution in [1.29, 1.82) is 0 Å². The summed E-state index contributed by atoms with van der Waals surface area (Å²) >= 11 is 1.86. The Morgan fingerprint density at radius 1 is 0.525 bits per heavy atom. The topological polar surface area (TPSA) is 0 Å². The van der Waals surface area contributed by atoms with Gasteiger partial charge in [0.1, 0.15) is 0 Å². The number of rotatable bonds is 5. The fraction of sp³-hybridized carbons (Fsp3) is 0.0256. The fourth-order valence-corrected chi connectivity index (χ4v) is 7.09. The van der Waals surface area contributed by atoms with Crippen molar-refractivity contribution in [3.63, 3.8) is 0 Å². The molecule has 0 radical (unpaired) electrons. The quantitative estimate of drug-likeness (QED) is 0.154. The van der Waals surface area contributed by atoms with E-state index in [0.717, 1.165) is 0 Å². The second kappa shape index (κ2) is 10.1. The van der Waals surface area contributed by atoms with Crippen LogP contribution in [0, 0.1) is 6.92 Å². The predicted molar refractivity (Wildman–Crippen MR) is 177 cm³/mol. The highest BCUT2D eigenvalue weighted by Gasteiger charge is 2.17. The lowest BCUT2D eigenvalue weighted by molar-refractivity contribution is 1.61. The Labute approximate surface area is 239 Å². The molecule has 0 atom stereocenters. The monoisotopic (exact) mass is 528 g/mol. The van der Waals surface area contributed by atoms with Crippen molar-refractivity contribution in [2.75, 3.05) is 0 Å². The number of fused-ring (bicyclic) bond motifs is 3. The van der Waals surface area contributed by atoms with Gasteiger partial charge in [0.25, 0.3) is 0 Å². The molecular formula is C39H28S. The molecule has 1 heterocycles. The van der Waals surface area contributed by atoms with E-state index in [9.17, 15) is 0 Å². The Bertz CT molecular complexity index is 2020. The third-order valence-electron chi connectivity index (χ3n) is 7.79. The van der Waals surface area contributed by atoms with Gasteiger partial charge >= 0.3 is 0 Å². The normalized spacial score (nSPS) is 11.6.